The number of amides is 1. The molecule has 3 nitrogen and oxygen atoms in total. The van der Waals surface area contributed by atoms with Gasteiger partial charge in [0, 0.05) is 24.0 Å². The summed E-state index contributed by atoms with van der Waals surface area (Å²) >= 11 is 11.7. The number of hydrogen-bond donors (Lipinski definition) is 1. The third-order valence-electron chi connectivity index (χ3n) is 2.38. The number of halogens is 2. The van der Waals surface area contributed by atoms with Crippen LogP contribution >= 0.6 is 23.2 Å². The highest BCUT2D eigenvalue weighted by molar-refractivity contribution is 6.33. The van der Waals surface area contributed by atoms with E-state index in [1.165, 1.54) is 12.4 Å². The number of pyridine rings is 1. The van der Waals surface area contributed by atoms with E-state index >= 15 is 0 Å². The van der Waals surface area contributed by atoms with Crippen LogP contribution in [0.3, 0.4) is 0 Å². The van der Waals surface area contributed by atoms with Crippen molar-refractivity contribution in [2.24, 2.45) is 0 Å². The summed E-state index contributed by atoms with van der Waals surface area (Å²) in [7, 11) is 0. The molecule has 0 atom stereocenters. The van der Waals surface area contributed by atoms with Crippen LogP contribution in [0.5, 0.6) is 0 Å². The summed E-state index contributed by atoms with van der Waals surface area (Å²) in [6.07, 6.45) is 2.98. The van der Waals surface area contributed by atoms with Gasteiger partial charge in [0.15, 0.2) is 0 Å². The molecular weight excluding hydrogens is 271 g/mol. The van der Waals surface area contributed by atoms with Gasteiger partial charge in [-0.05, 0) is 23.8 Å². The van der Waals surface area contributed by atoms with Crippen LogP contribution in [0.15, 0.2) is 42.7 Å². The Labute approximate surface area is 115 Å². The van der Waals surface area contributed by atoms with Crippen LogP contribution < -0.4 is 5.32 Å². The van der Waals surface area contributed by atoms with Gasteiger partial charge in [0.25, 0.3) is 5.91 Å². The van der Waals surface area contributed by atoms with Crippen molar-refractivity contribution in [1.29, 1.82) is 0 Å². The summed E-state index contributed by atoms with van der Waals surface area (Å²) in [5.41, 5.74) is 1.33. The van der Waals surface area contributed by atoms with Crippen LogP contribution in [-0.2, 0) is 6.54 Å². The van der Waals surface area contributed by atoms with Crippen LogP contribution in [0, 0.1) is 0 Å². The summed E-state index contributed by atoms with van der Waals surface area (Å²) in [6.45, 7) is 0.418. The smallest absolute Gasteiger partial charge is 0.254 e. The summed E-state index contributed by atoms with van der Waals surface area (Å²) in [5.74, 6) is -0.247. The molecule has 1 heterocycles. The fourth-order valence-corrected chi connectivity index (χ4v) is 1.74. The zero-order valence-electron chi connectivity index (χ0n) is 9.36. The SMILES string of the molecule is O=C(NCc1ccc(Cl)cc1)c1cnccc1Cl. The molecule has 0 saturated carbocycles. The van der Waals surface area contributed by atoms with E-state index in [4.69, 9.17) is 23.2 Å². The molecule has 92 valence electrons. The maximum absolute atomic E-state index is 11.8. The lowest BCUT2D eigenvalue weighted by Gasteiger charge is -2.06. The van der Waals surface area contributed by atoms with E-state index in [2.05, 4.69) is 10.3 Å². The normalized spacial score (nSPS) is 10.1. The third-order valence-corrected chi connectivity index (χ3v) is 2.96. The minimum absolute atomic E-state index is 0.247. The van der Waals surface area contributed by atoms with Gasteiger partial charge in [-0.25, -0.2) is 0 Å². The van der Waals surface area contributed by atoms with Crippen molar-refractivity contribution in [2.45, 2.75) is 6.54 Å². The Hall–Kier alpha value is -1.58. The predicted octanol–water partition coefficient (Wildman–Crippen LogP) is 3.32. The molecule has 0 aliphatic heterocycles. The quantitative estimate of drug-likeness (QED) is 0.937. The standard InChI is InChI=1S/C13H10Cl2N2O/c14-10-3-1-9(2-4-10)7-17-13(18)11-8-16-6-5-12(11)15/h1-6,8H,7H2,(H,17,18). The number of rotatable bonds is 3. The molecule has 0 spiro atoms. The van der Waals surface area contributed by atoms with Crippen LogP contribution in [0.1, 0.15) is 15.9 Å². The van der Waals surface area contributed by atoms with E-state index in [-0.39, 0.29) is 5.91 Å². The van der Waals surface area contributed by atoms with Crippen molar-refractivity contribution in [1.82, 2.24) is 10.3 Å². The van der Waals surface area contributed by atoms with Gasteiger partial charge in [-0.15, -0.1) is 0 Å². The first kappa shape index (κ1) is 12.9. The van der Waals surface area contributed by atoms with Gasteiger partial charge in [-0.2, -0.15) is 0 Å². The van der Waals surface area contributed by atoms with E-state index in [9.17, 15) is 4.79 Å². The molecule has 5 heteroatoms. The summed E-state index contributed by atoms with van der Waals surface area (Å²) in [4.78, 5) is 15.7. The molecule has 0 unspecified atom stereocenters. The lowest BCUT2D eigenvalue weighted by Crippen LogP contribution is -2.23. The molecule has 0 bridgehead atoms. The van der Waals surface area contributed by atoms with Gasteiger partial charge >= 0.3 is 0 Å². The number of carbonyl (C=O) groups is 1. The van der Waals surface area contributed by atoms with Crippen molar-refractivity contribution in [3.05, 3.63) is 63.9 Å². The van der Waals surface area contributed by atoms with Crippen LogP contribution in [0.4, 0.5) is 0 Å². The van der Waals surface area contributed by atoms with Crippen molar-refractivity contribution in [2.75, 3.05) is 0 Å². The van der Waals surface area contributed by atoms with Crippen molar-refractivity contribution in [3.8, 4) is 0 Å². The number of hydrogen-bond acceptors (Lipinski definition) is 2. The number of benzene rings is 1. The van der Waals surface area contributed by atoms with Gasteiger partial charge < -0.3 is 5.32 Å². The van der Waals surface area contributed by atoms with Gasteiger partial charge in [-0.3, -0.25) is 9.78 Å². The second-order valence-corrected chi connectivity index (χ2v) is 4.51. The molecule has 2 rings (SSSR count). The van der Waals surface area contributed by atoms with Crippen molar-refractivity contribution >= 4 is 29.1 Å². The Balaban J connectivity index is 2.01. The van der Waals surface area contributed by atoms with Gasteiger partial charge in [0.1, 0.15) is 0 Å². The van der Waals surface area contributed by atoms with E-state index < -0.39 is 0 Å². The van der Waals surface area contributed by atoms with E-state index in [1.807, 2.05) is 12.1 Å². The summed E-state index contributed by atoms with van der Waals surface area (Å²) in [6, 6.07) is 8.85. The zero-order chi connectivity index (χ0) is 13.0. The minimum atomic E-state index is -0.247. The summed E-state index contributed by atoms with van der Waals surface area (Å²) in [5, 5.41) is 3.82. The second-order valence-electron chi connectivity index (χ2n) is 3.66. The first-order valence-electron chi connectivity index (χ1n) is 5.29. The molecule has 1 aromatic heterocycles. The molecule has 0 radical (unpaired) electrons. The molecule has 0 aliphatic rings. The maximum Gasteiger partial charge on any atom is 0.254 e. The second kappa shape index (κ2) is 5.85. The van der Waals surface area contributed by atoms with Crippen LogP contribution in [-0.4, -0.2) is 10.9 Å². The molecular formula is C13H10Cl2N2O. The highest BCUT2D eigenvalue weighted by Crippen LogP contribution is 2.13. The third kappa shape index (κ3) is 3.22. The van der Waals surface area contributed by atoms with Gasteiger partial charge in [0.2, 0.25) is 0 Å². The van der Waals surface area contributed by atoms with Gasteiger partial charge in [0.05, 0.1) is 10.6 Å². The first-order chi connectivity index (χ1) is 8.66. The Kier molecular flexibility index (Phi) is 4.18. The van der Waals surface area contributed by atoms with Crippen molar-refractivity contribution < 1.29 is 4.79 Å². The number of carbonyl (C=O) groups excluding carboxylic acids is 1. The van der Waals surface area contributed by atoms with E-state index in [1.54, 1.807) is 18.2 Å². The number of nitrogens with zero attached hydrogens (tertiary/aromatic N) is 1. The highest BCUT2D eigenvalue weighted by Gasteiger charge is 2.09. The average Bonchev–Trinajstić information content (AvgIpc) is 2.38. The molecule has 0 fully saturated rings. The largest absolute Gasteiger partial charge is 0.348 e. The van der Waals surface area contributed by atoms with E-state index in [0.717, 1.165) is 5.56 Å². The molecule has 0 saturated heterocycles. The van der Waals surface area contributed by atoms with Crippen LogP contribution in [0.25, 0.3) is 0 Å². The Bertz CT molecular complexity index is 555. The molecule has 2 aromatic rings. The number of nitrogens with one attached hydrogen (secondary N) is 1. The van der Waals surface area contributed by atoms with Crippen LogP contribution in [0.2, 0.25) is 10.0 Å². The predicted molar refractivity (Wildman–Crippen MR) is 71.9 cm³/mol. The highest BCUT2D eigenvalue weighted by atomic mass is 35.5. The zero-order valence-corrected chi connectivity index (χ0v) is 10.9. The Morgan fingerprint density at radius 2 is 1.89 bits per heavy atom. The first-order valence-corrected chi connectivity index (χ1v) is 6.04. The molecule has 18 heavy (non-hydrogen) atoms. The molecule has 1 amide bonds. The molecule has 0 aliphatic carbocycles. The fraction of sp³-hybridized carbons (Fsp3) is 0.0769. The molecule has 1 aromatic carbocycles. The van der Waals surface area contributed by atoms with E-state index in [0.29, 0.717) is 22.2 Å². The van der Waals surface area contributed by atoms with Gasteiger partial charge in [-0.1, -0.05) is 35.3 Å². The molecule has 1 N–H and O–H groups in total. The Morgan fingerprint density at radius 3 is 2.56 bits per heavy atom. The Morgan fingerprint density at radius 1 is 1.17 bits per heavy atom. The summed E-state index contributed by atoms with van der Waals surface area (Å²) < 4.78 is 0. The minimum Gasteiger partial charge on any atom is -0.348 e. The number of aromatic nitrogens is 1. The topological polar surface area (TPSA) is 42.0 Å². The van der Waals surface area contributed by atoms with Crippen molar-refractivity contribution in [3.63, 3.8) is 0 Å². The monoisotopic (exact) mass is 280 g/mol. The lowest BCUT2D eigenvalue weighted by molar-refractivity contribution is 0.0950. The lowest BCUT2D eigenvalue weighted by atomic mass is 10.2. The fourth-order valence-electron chi connectivity index (χ4n) is 1.42. The maximum atomic E-state index is 11.8. The average molecular weight is 281 g/mol.